The molecule has 142 valence electrons. The van der Waals surface area contributed by atoms with Gasteiger partial charge in [-0.3, -0.25) is 4.79 Å². The maximum Gasteiger partial charge on any atom is 0.417 e. The Morgan fingerprint density at radius 2 is 2.00 bits per heavy atom. The van der Waals surface area contributed by atoms with E-state index < -0.39 is 17.3 Å². The molecule has 3 N–H and O–H groups in total. The number of nitrogens with zero attached hydrogens (tertiary/aromatic N) is 2. The SMILES string of the molecule is Cl.Cl.NC1(C(=O)NC2CCCN(c3ccc(C(F)(F)F)cn3)C2)CC1. The molecule has 10 heteroatoms. The van der Waals surface area contributed by atoms with Crippen LogP contribution in [0.4, 0.5) is 19.0 Å². The Balaban J connectivity index is 0.00000156. The maximum absolute atomic E-state index is 12.6. The quantitative estimate of drug-likeness (QED) is 0.817. The lowest BCUT2D eigenvalue weighted by Gasteiger charge is -2.34. The van der Waals surface area contributed by atoms with Crippen LogP contribution in [-0.2, 0) is 11.0 Å². The van der Waals surface area contributed by atoms with Crippen LogP contribution < -0.4 is 16.0 Å². The molecule has 25 heavy (non-hydrogen) atoms. The Kier molecular flexibility index (Phi) is 6.95. The van der Waals surface area contributed by atoms with E-state index >= 15 is 0 Å². The summed E-state index contributed by atoms with van der Waals surface area (Å²) in [6, 6.07) is 2.35. The highest BCUT2D eigenvalue weighted by atomic mass is 35.5. The van der Waals surface area contributed by atoms with Crippen LogP contribution in [-0.4, -0.2) is 35.6 Å². The van der Waals surface area contributed by atoms with E-state index in [0.29, 0.717) is 31.7 Å². The number of halogens is 5. The monoisotopic (exact) mass is 400 g/mol. The molecular weight excluding hydrogens is 380 g/mol. The van der Waals surface area contributed by atoms with Crippen LogP contribution in [0.3, 0.4) is 0 Å². The molecule has 2 aliphatic rings. The summed E-state index contributed by atoms with van der Waals surface area (Å²) >= 11 is 0. The van der Waals surface area contributed by atoms with E-state index in [1.807, 2.05) is 4.90 Å². The summed E-state index contributed by atoms with van der Waals surface area (Å²) < 4.78 is 37.7. The number of piperidine rings is 1. The number of aromatic nitrogens is 1. The van der Waals surface area contributed by atoms with Gasteiger partial charge in [0.15, 0.2) is 0 Å². The third kappa shape index (κ3) is 5.12. The van der Waals surface area contributed by atoms with E-state index in [4.69, 9.17) is 5.73 Å². The minimum Gasteiger partial charge on any atom is -0.355 e. The van der Waals surface area contributed by atoms with Crippen molar-refractivity contribution in [1.29, 1.82) is 0 Å². The molecule has 0 spiro atoms. The first-order valence-corrected chi connectivity index (χ1v) is 7.66. The van der Waals surface area contributed by atoms with Crippen molar-refractivity contribution >= 4 is 36.5 Å². The molecular formula is C15H21Cl2F3N4O. The lowest BCUT2D eigenvalue weighted by atomic mass is 10.0. The van der Waals surface area contributed by atoms with Crippen LogP contribution >= 0.6 is 24.8 Å². The molecule has 1 saturated heterocycles. The Morgan fingerprint density at radius 3 is 2.52 bits per heavy atom. The molecule has 0 bridgehead atoms. The third-order valence-corrected chi connectivity index (χ3v) is 4.40. The van der Waals surface area contributed by atoms with Crippen molar-refractivity contribution < 1.29 is 18.0 Å². The van der Waals surface area contributed by atoms with E-state index in [2.05, 4.69) is 10.3 Å². The predicted octanol–water partition coefficient (Wildman–Crippen LogP) is 2.52. The Bertz CT molecular complexity index is 593. The van der Waals surface area contributed by atoms with E-state index in [1.165, 1.54) is 6.07 Å². The number of anilines is 1. The van der Waals surface area contributed by atoms with Crippen LogP contribution in [0.1, 0.15) is 31.2 Å². The predicted molar refractivity (Wildman–Crippen MR) is 93.3 cm³/mol. The number of amides is 1. The average molecular weight is 401 g/mol. The number of pyridine rings is 1. The number of rotatable bonds is 3. The molecule has 1 saturated carbocycles. The van der Waals surface area contributed by atoms with Crippen LogP contribution in [0.2, 0.25) is 0 Å². The number of carbonyl (C=O) groups is 1. The molecule has 2 fully saturated rings. The van der Waals surface area contributed by atoms with Crippen molar-refractivity contribution in [3.63, 3.8) is 0 Å². The van der Waals surface area contributed by atoms with Gasteiger partial charge in [-0.05, 0) is 37.8 Å². The van der Waals surface area contributed by atoms with E-state index in [9.17, 15) is 18.0 Å². The molecule has 1 unspecified atom stereocenters. The number of alkyl halides is 3. The summed E-state index contributed by atoms with van der Waals surface area (Å²) in [5.41, 5.74) is 4.39. The Labute approximate surface area is 156 Å². The molecule has 0 radical (unpaired) electrons. The summed E-state index contributed by atoms with van der Waals surface area (Å²) in [5.74, 6) is 0.357. The van der Waals surface area contributed by atoms with Crippen LogP contribution in [0.5, 0.6) is 0 Å². The third-order valence-electron chi connectivity index (χ3n) is 4.40. The zero-order valence-corrected chi connectivity index (χ0v) is 15.0. The molecule has 1 aliphatic heterocycles. The van der Waals surface area contributed by atoms with E-state index in [-0.39, 0.29) is 36.8 Å². The topological polar surface area (TPSA) is 71.2 Å². The number of nitrogens with two attached hydrogens (primary N) is 1. The highest BCUT2D eigenvalue weighted by Gasteiger charge is 2.46. The Hall–Kier alpha value is -1.25. The van der Waals surface area contributed by atoms with Crippen molar-refractivity contribution in [2.24, 2.45) is 5.73 Å². The molecule has 0 aromatic carbocycles. The van der Waals surface area contributed by atoms with Gasteiger partial charge in [-0.25, -0.2) is 4.98 Å². The van der Waals surface area contributed by atoms with Crippen LogP contribution in [0.25, 0.3) is 0 Å². The first kappa shape index (κ1) is 21.8. The number of carbonyl (C=O) groups excluding carboxylic acids is 1. The van der Waals surface area contributed by atoms with Crippen molar-refractivity contribution in [2.45, 2.75) is 43.4 Å². The van der Waals surface area contributed by atoms with Gasteiger partial charge >= 0.3 is 6.18 Å². The second-order valence-corrected chi connectivity index (χ2v) is 6.32. The fraction of sp³-hybridized carbons (Fsp3) is 0.600. The van der Waals surface area contributed by atoms with Gasteiger partial charge in [0.1, 0.15) is 5.82 Å². The standard InChI is InChI=1S/C15H19F3N4O.2ClH/c16-15(17,18)10-3-4-12(20-8-10)22-7-1-2-11(9-22)21-13(23)14(19)5-6-14;;/h3-4,8,11H,1-2,5-7,9,19H2,(H,21,23);2*1H. The lowest BCUT2D eigenvalue weighted by molar-refractivity contribution is -0.137. The summed E-state index contributed by atoms with van der Waals surface area (Å²) in [6.07, 6.45) is -0.462. The second-order valence-electron chi connectivity index (χ2n) is 6.32. The fourth-order valence-corrected chi connectivity index (χ4v) is 2.73. The van der Waals surface area contributed by atoms with Crippen molar-refractivity contribution in [1.82, 2.24) is 10.3 Å². The maximum atomic E-state index is 12.6. The van der Waals surface area contributed by atoms with Crippen molar-refractivity contribution in [3.8, 4) is 0 Å². The Morgan fingerprint density at radius 1 is 1.32 bits per heavy atom. The molecule has 1 amide bonds. The van der Waals surface area contributed by atoms with Gasteiger partial charge in [-0.15, -0.1) is 24.8 Å². The van der Waals surface area contributed by atoms with Crippen molar-refractivity contribution in [2.75, 3.05) is 18.0 Å². The summed E-state index contributed by atoms with van der Waals surface area (Å²) in [5, 5.41) is 2.94. The van der Waals surface area contributed by atoms with Gasteiger partial charge in [-0.2, -0.15) is 13.2 Å². The molecule has 5 nitrogen and oxygen atoms in total. The van der Waals surface area contributed by atoms with Gasteiger partial charge in [0.25, 0.3) is 0 Å². The number of hydrogen-bond acceptors (Lipinski definition) is 4. The highest BCUT2D eigenvalue weighted by molar-refractivity contribution is 5.89. The summed E-state index contributed by atoms with van der Waals surface area (Å²) in [4.78, 5) is 17.8. The normalized spacial score (nSPS) is 21.6. The smallest absolute Gasteiger partial charge is 0.355 e. The molecule has 1 aromatic rings. The molecule has 1 aliphatic carbocycles. The minimum atomic E-state index is -4.39. The van der Waals surface area contributed by atoms with Crippen LogP contribution in [0, 0.1) is 0 Å². The minimum absolute atomic E-state index is 0. The second kappa shape index (κ2) is 7.97. The number of nitrogens with one attached hydrogen (secondary N) is 1. The lowest BCUT2D eigenvalue weighted by Crippen LogP contribution is -2.53. The fourth-order valence-electron chi connectivity index (χ4n) is 2.73. The van der Waals surface area contributed by atoms with Gasteiger partial charge in [-0.1, -0.05) is 0 Å². The van der Waals surface area contributed by atoms with Crippen molar-refractivity contribution in [3.05, 3.63) is 23.9 Å². The van der Waals surface area contributed by atoms with E-state index in [0.717, 1.165) is 25.1 Å². The van der Waals surface area contributed by atoms with E-state index in [1.54, 1.807) is 0 Å². The first-order chi connectivity index (χ1) is 10.8. The number of hydrogen-bond donors (Lipinski definition) is 2. The molecule has 2 heterocycles. The summed E-state index contributed by atoms with van der Waals surface area (Å²) in [7, 11) is 0. The zero-order valence-electron chi connectivity index (χ0n) is 13.4. The molecule has 1 atom stereocenters. The van der Waals surface area contributed by atoms with Crippen LogP contribution in [0.15, 0.2) is 18.3 Å². The highest BCUT2D eigenvalue weighted by Crippen LogP contribution is 2.33. The van der Waals surface area contributed by atoms with Gasteiger partial charge in [0, 0.05) is 25.3 Å². The van der Waals surface area contributed by atoms with Gasteiger partial charge in [0.2, 0.25) is 5.91 Å². The van der Waals surface area contributed by atoms with Gasteiger partial charge in [0.05, 0.1) is 11.1 Å². The molecule has 1 aromatic heterocycles. The average Bonchev–Trinajstić information content (AvgIpc) is 3.26. The molecule has 3 rings (SSSR count). The zero-order chi connectivity index (χ0) is 16.7. The van der Waals surface area contributed by atoms with Gasteiger partial charge < -0.3 is 16.0 Å². The summed E-state index contributed by atoms with van der Waals surface area (Å²) in [6.45, 7) is 1.23. The first-order valence-electron chi connectivity index (χ1n) is 7.66. The largest absolute Gasteiger partial charge is 0.417 e.